The Hall–Kier alpha value is -5.30. The van der Waals surface area contributed by atoms with Gasteiger partial charge >= 0.3 is 0 Å². The van der Waals surface area contributed by atoms with Gasteiger partial charge in [-0.05, 0) is 115 Å². The number of benzene rings is 3. The molecule has 7 heteroatoms. The van der Waals surface area contributed by atoms with Gasteiger partial charge in [-0.3, -0.25) is 19.6 Å². The largest absolute Gasteiger partial charge is 0.489 e. The lowest BCUT2D eigenvalue weighted by Crippen LogP contribution is -2.32. The number of aromatic nitrogens is 2. The zero-order chi connectivity index (χ0) is 32.8. The summed E-state index contributed by atoms with van der Waals surface area (Å²) in [6.07, 6.45) is 12.4. The molecule has 0 spiro atoms. The molecule has 4 aliphatic rings. The van der Waals surface area contributed by atoms with Crippen LogP contribution in [0, 0.1) is 0 Å². The minimum Gasteiger partial charge on any atom is -0.489 e. The van der Waals surface area contributed by atoms with E-state index in [0.29, 0.717) is 12.8 Å². The molecule has 0 aliphatic carbocycles. The van der Waals surface area contributed by atoms with E-state index in [2.05, 4.69) is 52.4 Å². The first-order chi connectivity index (χ1) is 23.4. The number of ether oxygens (including phenoxy) is 1. The molecule has 5 aromatic rings. The zero-order valence-corrected chi connectivity index (χ0v) is 27.4. The van der Waals surface area contributed by atoms with Crippen molar-refractivity contribution in [1.82, 2.24) is 9.97 Å². The lowest BCUT2D eigenvalue weighted by Gasteiger charge is -2.25. The van der Waals surface area contributed by atoms with Crippen molar-refractivity contribution in [1.29, 1.82) is 0 Å². The maximum Gasteiger partial charge on any atom is 0.227 e. The Labute approximate surface area is 281 Å². The Morgan fingerprint density at radius 1 is 0.542 bits per heavy atom. The molecule has 4 aliphatic heterocycles. The lowest BCUT2D eigenvalue weighted by molar-refractivity contribution is -0.119. The average Bonchev–Trinajstić information content (AvgIpc) is 3.75. The second kappa shape index (κ2) is 12.4. The first-order valence-corrected chi connectivity index (χ1v) is 17.0. The topological polar surface area (TPSA) is 75.6 Å². The summed E-state index contributed by atoms with van der Waals surface area (Å²) in [6.45, 7) is 5.67. The average molecular weight is 635 g/mol. The van der Waals surface area contributed by atoms with E-state index in [-0.39, 0.29) is 17.9 Å². The molecule has 240 valence electrons. The quantitative estimate of drug-likeness (QED) is 0.199. The van der Waals surface area contributed by atoms with Crippen molar-refractivity contribution in [3.63, 3.8) is 0 Å². The van der Waals surface area contributed by atoms with Gasteiger partial charge in [-0.1, -0.05) is 30.3 Å². The minimum absolute atomic E-state index is 0.132. The van der Waals surface area contributed by atoms with Crippen LogP contribution in [0.1, 0.15) is 48.9 Å². The molecule has 2 amide bonds. The van der Waals surface area contributed by atoms with E-state index in [9.17, 15) is 9.59 Å². The SMILES string of the molecule is CC(C)Oc1cncc(-c2cc3c4c(c2)CCN4C(=O)CC3)c1.O=C1CCc2cc(-c3cncc(-c4ccccc4)c3)cc3c2N1CC3. The van der Waals surface area contributed by atoms with Crippen LogP contribution in [0.5, 0.6) is 5.75 Å². The number of rotatable bonds is 5. The molecule has 3 aromatic carbocycles. The second-order valence-corrected chi connectivity index (χ2v) is 13.3. The van der Waals surface area contributed by atoms with Crippen molar-refractivity contribution >= 4 is 23.2 Å². The fourth-order valence-corrected chi connectivity index (χ4v) is 7.55. The Balaban J connectivity index is 0.000000141. The summed E-state index contributed by atoms with van der Waals surface area (Å²) in [6, 6.07) is 23.5. The third-order valence-corrected chi connectivity index (χ3v) is 9.70. The van der Waals surface area contributed by atoms with Gasteiger partial charge in [0.15, 0.2) is 0 Å². The molecule has 2 aromatic heterocycles. The minimum atomic E-state index is 0.132. The van der Waals surface area contributed by atoms with Crippen molar-refractivity contribution in [2.45, 2.75) is 58.5 Å². The van der Waals surface area contributed by atoms with Gasteiger partial charge in [-0.2, -0.15) is 0 Å². The normalized spacial score (nSPS) is 15.6. The van der Waals surface area contributed by atoms with Gasteiger partial charge in [0, 0.05) is 61.2 Å². The molecule has 0 radical (unpaired) electrons. The van der Waals surface area contributed by atoms with Crippen LogP contribution in [0.25, 0.3) is 33.4 Å². The van der Waals surface area contributed by atoms with Crippen LogP contribution >= 0.6 is 0 Å². The van der Waals surface area contributed by atoms with E-state index >= 15 is 0 Å². The molecule has 0 N–H and O–H groups in total. The van der Waals surface area contributed by atoms with Gasteiger partial charge < -0.3 is 14.5 Å². The summed E-state index contributed by atoms with van der Waals surface area (Å²) in [4.78, 5) is 36.8. The van der Waals surface area contributed by atoms with Gasteiger partial charge in [-0.15, -0.1) is 0 Å². The molecular weight excluding hydrogens is 596 g/mol. The Bertz CT molecular complexity index is 2060. The van der Waals surface area contributed by atoms with Gasteiger partial charge in [0.1, 0.15) is 5.75 Å². The zero-order valence-electron chi connectivity index (χ0n) is 27.4. The summed E-state index contributed by atoms with van der Waals surface area (Å²) in [5.41, 5.74) is 14.4. The second-order valence-electron chi connectivity index (χ2n) is 13.3. The molecule has 0 atom stereocenters. The summed E-state index contributed by atoms with van der Waals surface area (Å²) in [5.74, 6) is 1.33. The summed E-state index contributed by atoms with van der Waals surface area (Å²) in [7, 11) is 0. The van der Waals surface area contributed by atoms with Crippen LogP contribution < -0.4 is 14.5 Å². The number of carbonyl (C=O) groups is 2. The van der Waals surface area contributed by atoms with Crippen LogP contribution in [0.3, 0.4) is 0 Å². The monoisotopic (exact) mass is 634 g/mol. The predicted molar refractivity (Wildman–Crippen MR) is 189 cm³/mol. The maximum atomic E-state index is 12.1. The van der Waals surface area contributed by atoms with Crippen LogP contribution in [0.15, 0.2) is 91.5 Å². The van der Waals surface area contributed by atoms with Crippen LogP contribution in [0.4, 0.5) is 11.4 Å². The molecule has 0 saturated carbocycles. The Morgan fingerprint density at radius 2 is 1.02 bits per heavy atom. The van der Waals surface area contributed by atoms with Crippen LogP contribution in [0.2, 0.25) is 0 Å². The number of amides is 2. The molecule has 0 bridgehead atoms. The van der Waals surface area contributed by atoms with E-state index in [1.165, 1.54) is 39.1 Å². The van der Waals surface area contributed by atoms with E-state index in [0.717, 1.165) is 72.5 Å². The van der Waals surface area contributed by atoms with Gasteiger partial charge in [0.05, 0.1) is 23.7 Å². The van der Waals surface area contributed by atoms with Crippen molar-refractivity contribution in [3.05, 3.63) is 114 Å². The molecule has 6 heterocycles. The number of hydrogen-bond acceptors (Lipinski definition) is 5. The molecule has 0 unspecified atom stereocenters. The van der Waals surface area contributed by atoms with Crippen LogP contribution in [-0.4, -0.2) is 41.0 Å². The highest BCUT2D eigenvalue weighted by Gasteiger charge is 2.32. The van der Waals surface area contributed by atoms with Crippen LogP contribution in [-0.2, 0) is 35.3 Å². The van der Waals surface area contributed by atoms with Crippen molar-refractivity contribution in [2.24, 2.45) is 0 Å². The van der Waals surface area contributed by atoms with Crippen molar-refractivity contribution in [3.8, 4) is 39.1 Å². The standard InChI is InChI=1S/C22H18N2O.C19H20N2O2/c25-21-7-6-16-10-18(11-17-8-9-24(21)22(16)17)20-12-19(13-23-14-20)15-4-2-1-3-5-15;1-12(2)23-17-9-16(10-20-11-17)15-7-13-3-4-18(22)21-6-5-14(8-15)19(13)21/h1-5,10-14H,6-9H2;7-12H,3-6H2,1-2H3. The van der Waals surface area contributed by atoms with Gasteiger partial charge in [-0.25, -0.2) is 0 Å². The Morgan fingerprint density at radius 3 is 1.56 bits per heavy atom. The molecule has 7 nitrogen and oxygen atoms in total. The fraction of sp³-hybridized carbons (Fsp3) is 0.268. The number of nitrogens with zero attached hydrogens (tertiary/aromatic N) is 4. The third kappa shape index (κ3) is 5.63. The number of aryl methyl sites for hydroxylation is 2. The Kier molecular flexibility index (Phi) is 7.75. The van der Waals surface area contributed by atoms with Crippen molar-refractivity contribution < 1.29 is 14.3 Å². The molecule has 48 heavy (non-hydrogen) atoms. The predicted octanol–water partition coefficient (Wildman–Crippen LogP) is 7.62. The highest BCUT2D eigenvalue weighted by molar-refractivity contribution is 6.00. The maximum absolute atomic E-state index is 12.1. The number of carbonyl (C=O) groups excluding carboxylic acids is 2. The molecule has 9 rings (SSSR count). The fourth-order valence-electron chi connectivity index (χ4n) is 7.55. The highest BCUT2D eigenvalue weighted by atomic mass is 16.5. The third-order valence-electron chi connectivity index (χ3n) is 9.70. The number of pyridine rings is 2. The summed E-state index contributed by atoms with van der Waals surface area (Å²) >= 11 is 0. The van der Waals surface area contributed by atoms with Gasteiger partial charge in [0.25, 0.3) is 0 Å². The smallest absolute Gasteiger partial charge is 0.227 e. The highest BCUT2D eigenvalue weighted by Crippen LogP contribution is 2.41. The lowest BCUT2D eigenvalue weighted by atomic mass is 9.93. The van der Waals surface area contributed by atoms with Crippen molar-refractivity contribution in [2.75, 3.05) is 22.9 Å². The number of anilines is 2. The van der Waals surface area contributed by atoms with E-state index < -0.39 is 0 Å². The summed E-state index contributed by atoms with van der Waals surface area (Å²) < 4.78 is 5.75. The number of hydrogen-bond donors (Lipinski definition) is 0. The van der Waals surface area contributed by atoms with E-state index in [1.807, 2.05) is 66.5 Å². The molecular formula is C41H38N4O3. The molecule has 0 fully saturated rings. The van der Waals surface area contributed by atoms with E-state index in [1.54, 1.807) is 6.20 Å². The first-order valence-electron chi connectivity index (χ1n) is 17.0. The van der Waals surface area contributed by atoms with E-state index in [4.69, 9.17) is 4.74 Å². The molecule has 0 saturated heterocycles. The van der Waals surface area contributed by atoms with Gasteiger partial charge in [0.2, 0.25) is 11.8 Å². The first kappa shape index (κ1) is 30.1. The summed E-state index contributed by atoms with van der Waals surface area (Å²) in [5, 5.41) is 0.